The van der Waals surface area contributed by atoms with Gasteiger partial charge in [0.25, 0.3) is 0 Å². The van der Waals surface area contributed by atoms with Gasteiger partial charge in [-0.15, -0.1) is 11.8 Å². The van der Waals surface area contributed by atoms with Gasteiger partial charge >= 0.3 is 0 Å². The van der Waals surface area contributed by atoms with E-state index in [1.807, 2.05) is 6.26 Å². The molecule has 94 valence electrons. The first-order valence-corrected chi connectivity index (χ1v) is 7.38. The molecular formula is C12H20N4S. The Hall–Kier alpha value is -0.650. The second kappa shape index (κ2) is 6.93. The molecule has 1 aliphatic heterocycles. The molecule has 1 fully saturated rings. The zero-order valence-corrected chi connectivity index (χ0v) is 11.1. The van der Waals surface area contributed by atoms with Crippen molar-refractivity contribution < 1.29 is 0 Å². The topological polar surface area (TPSA) is 49.8 Å². The first-order chi connectivity index (χ1) is 8.40. The Balaban J connectivity index is 1.77. The summed E-state index contributed by atoms with van der Waals surface area (Å²) < 4.78 is 0. The molecule has 0 aliphatic carbocycles. The Morgan fingerprint density at radius 3 is 3.12 bits per heavy atom. The lowest BCUT2D eigenvalue weighted by atomic mass is 10.00. The summed E-state index contributed by atoms with van der Waals surface area (Å²) in [6.07, 6.45) is 8.18. The lowest BCUT2D eigenvalue weighted by molar-refractivity contribution is 0.359. The quantitative estimate of drug-likeness (QED) is 0.773. The molecule has 2 heterocycles. The summed E-state index contributed by atoms with van der Waals surface area (Å²) in [5.41, 5.74) is 1.06. The highest BCUT2D eigenvalue weighted by Crippen LogP contribution is 2.14. The Morgan fingerprint density at radius 2 is 2.35 bits per heavy atom. The van der Waals surface area contributed by atoms with Gasteiger partial charge in [-0.25, -0.2) is 4.98 Å². The average molecular weight is 252 g/mol. The third-order valence-electron chi connectivity index (χ3n) is 3.05. The minimum atomic E-state index is 0.762. The van der Waals surface area contributed by atoms with Gasteiger partial charge in [-0.05, 0) is 44.6 Å². The number of nitrogens with zero attached hydrogens (tertiary/aromatic N) is 2. The smallest absolute Gasteiger partial charge is 0.119 e. The van der Waals surface area contributed by atoms with Crippen molar-refractivity contribution in [3.63, 3.8) is 0 Å². The van der Waals surface area contributed by atoms with Crippen molar-refractivity contribution in [3.05, 3.63) is 18.1 Å². The minimum absolute atomic E-state index is 0.762. The van der Waals surface area contributed by atoms with Gasteiger partial charge in [-0.2, -0.15) is 0 Å². The largest absolute Gasteiger partial charge is 0.316 e. The Bertz CT molecular complexity index is 339. The molecule has 0 unspecified atom stereocenters. The monoisotopic (exact) mass is 252 g/mol. The standard InChI is InChI=1S/C12H20N4S/c1-17-12-11(15-5-6-16-12)9-14-8-10-3-2-4-13-7-10/h5-6,10,13-14H,2-4,7-9H2,1H3/t10-/m0/s1. The van der Waals surface area contributed by atoms with E-state index >= 15 is 0 Å². The van der Waals surface area contributed by atoms with Crippen molar-refractivity contribution >= 4 is 11.8 Å². The van der Waals surface area contributed by atoms with Gasteiger partial charge in [0.2, 0.25) is 0 Å². The van der Waals surface area contributed by atoms with E-state index in [-0.39, 0.29) is 0 Å². The average Bonchev–Trinajstić information content (AvgIpc) is 2.40. The van der Waals surface area contributed by atoms with Gasteiger partial charge in [0.05, 0.1) is 5.69 Å². The first-order valence-electron chi connectivity index (χ1n) is 6.15. The van der Waals surface area contributed by atoms with Crippen LogP contribution in [0.5, 0.6) is 0 Å². The molecule has 1 aromatic rings. The molecule has 1 aromatic heterocycles. The maximum Gasteiger partial charge on any atom is 0.119 e. The summed E-state index contributed by atoms with van der Waals surface area (Å²) in [6, 6.07) is 0. The van der Waals surface area contributed by atoms with Crippen LogP contribution in [0.3, 0.4) is 0 Å². The lowest BCUT2D eigenvalue weighted by Crippen LogP contribution is -2.36. The van der Waals surface area contributed by atoms with Crippen LogP contribution in [-0.4, -0.2) is 35.9 Å². The van der Waals surface area contributed by atoms with Gasteiger partial charge < -0.3 is 10.6 Å². The van der Waals surface area contributed by atoms with Crippen molar-refractivity contribution in [2.45, 2.75) is 24.4 Å². The highest BCUT2D eigenvalue weighted by Gasteiger charge is 2.12. The molecule has 0 bridgehead atoms. The SMILES string of the molecule is CSc1nccnc1CNC[C@H]1CCCNC1. The van der Waals surface area contributed by atoms with Crippen LogP contribution in [0, 0.1) is 5.92 Å². The molecular weight excluding hydrogens is 232 g/mol. The number of nitrogens with one attached hydrogen (secondary N) is 2. The second-order valence-corrected chi connectivity index (χ2v) is 5.15. The van der Waals surface area contributed by atoms with Crippen molar-refractivity contribution in [3.8, 4) is 0 Å². The van der Waals surface area contributed by atoms with E-state index in [1.54, 1.807) is 24.2 Å². The van der Waals surface area contributed by atoms with Crippen LogP contribution in [0.15, 0.2) is 17.4 Å². The van der Waals surface area contributed by atoms with Crippen molar-refractivity contribution in [2.75, 3.05) is 25.9 Å². The summed E-state index contributed by atoms with van der Waals surface area (Å²) in [7, 11) is 0. The molecule has 5 heteroatoms. The molecule has 1 atom stereocenters. The minimum Gasteiger partial charge on any atom is -0.316 e. The van der Waals surface area contributed by atoms with Gasteiger partial charge in [-0.3, -0.25) is 4.98 Å². The number of aromatic nitrogens is 2. The maximum atomic E-state index is 4.37. The summed E-state index contributed by atoms with van der Waals surface area (Å²) >= 11 is 1.66. The zero-order chi connectivity index (χ0) is 11.9. The molecule has 4 nitrogen and oxygen atoms in total. The summed E-state index contributed by atoms with van der Waals surface area (Å²) in [6.45, 7) is 4.21. The molecule has 1 aliphatic rings. The Labute approximate surface area is 107 Å². The third kappa shape index (κ3) is 3.94. The van der Waals surface area contributed by atoms with Crippen LogP contribution in [0.2, 0.25) is 0 Å². The third-order valence-corrected chi connectivity index (χ3v) is 3.78. The second-order valence-electron chi connectivity index (χ2n) is 4.36. The lowest BCUT2D eigenvalue weighted by Gasteiger charge is -2.22. The number of hydrogen-bond donors (Lipinski definition) is 2. The molecule has 2 rings (SSSR count). The van der Waals surface area contributed by atoms with Crippen LogP contribution in [0.25, 0.3) is 0 Å². The normalized spacial score (nSPS) is 20.4. The summed E-state index contributed by atoms with van der Waals surface area (Å²) in [5.74, 6) is 0.762. The number of hydrogen-bond acceptors (Lipinski definition) is 5. The fourth-order valence-corrected chi connectivity index (χ4v) is 2.67. The molecule has 0 amide bonds. The molecule has 0 saturated carbocycles. The zero-order valence-electron chi connectivity index (χ0n) is 10.3. The van der Waals surface area contributed by atoms with Gasteiger partial charge in [0.15, 0.2) is 0 Å². The van der Waals surface area contributed by atoms with E-state index in [2.05, 4.69) is 20.6 Å². The first kappa shape index (κ1) is 12.8. The molecule has 1 saturated heterocycles. The highest BCUT2D eigenvalue weighted by molar-refractivity contribution is 7.98. The predicted molar refractivity (Wildman–Crippen MR) is 71.1 cm³/mol. The molecule has 0 aromatic carbocycles. The van der Waals surface area contributed by atoms with E-state index < -0.39 is 0 Å². The van der Waals surface area contributed by atoms with Crippen LogP contribution in [-0.2, 0) is 6.54 Å². The van der Waals surface area contributed by atoms with E-state index in [1.165, 1.54) is 19.4 Å². The van der Waals surface area contributed by atoms with E-state index in [9.17, 15) is 0 Å². The fourth-order valence-electron chi connectivity index (χ4n) is 2.14. The predicted octanol–water partition coefficient (Wildman–Crippen LogP) is 1.29. The van der Waals surface area contributed by atoms with E-state index in [0.29, 0.717) is 0 Å². The van der Waals surface area contributed by atoms with E-state index in [0.717, 1.165) is 36.3 Å². The molecule has 17 heavy (non-hydrogen) atoms. The van der Waals surface area contributed by atoms with Crippen molar-refractivity contribution in [1.29, 1.82) is 0 Å². The van der Waals surface area contributed by atoms with Crippen LogP contribution >= 0.6 is 11.8 Å². The molecule has 2 N–H and O–H groups in total. The van der Waals surface area contributed by atoms with Gasteiger partial charge in [-0.1, -0.05) is 0 Å². The van der Waals surface area contributed by atoms with Gasteiger partial charge in [0.1, 0.15) is 5.03 Å². The molecule has 0 radical (unpaired) electrons. The van der Waals surface area contributed by atoms with Crippen LogP contribution < -0.4 is 10.6 Å². The van der Waals surface area contributed by atoms with Crippen molar-refractivity contribution in [2.24, 2.45) is 5.92 Å². The fraction of sp³-hybridized carbons (Fsp3) is 0.667. The van der Waals surface area contributed by atoms with Crippen LogP contribution in [0.4, 0.5) is 0 Å². The highest BCUT2D eigenvalue weighted by atomic mass is 32.2. The molecule has 0 spiro atoms. The Kier molecular flexibility index (Phi) is 5.22. The maximum absolute atomic E-state index is 4.37. The number of thioether (sulfide) groups is 1. The van der Waals surface area contributed by atoms with Crippen LogP contribution in [0.1, 0.15) is 18.5 Å². The van der Waals surface area contributed by atoms with Crippen molar-refractivity contribution in [1.82, 2.24) is 20.6 Å². The summed E-state index contributed by atoms with van der Waals surface area (Å²) in [4.78, 5) is 8.68. The Morgan fingerprint density at radius 1 is 1.47 bits per heavy atom. The number of piperidine rings is 1. The van der Waals surface area contributed by atoms with E-state index in [4.69, 9.17) is 0 Å². The number of rotatable bonds is 5. The van der Waals surface area contributed by atoms with Gasteiger partial charge in [0, 0.05) is 18.9 Å². The summed E-state index contributed by atoms with van der Waals surface area (Å²) in [5, 5.41) is 7.95.